The Bertz CT molecular complexity index is 84.9. The summed E-state index contributed by atoms with van der Waals surface area (Å²) in [5.41, 5.74) is 0. The Morgan fingerprint density at radius 3 is 2.14 bits per heavy atom. The van der Waals surface area contributed by atoms with E-state index in [4.69, 9.17) is 0 Å². The van der Waals surface area contributed by atoms with Crippen molar-refractivity contribution in [1.29, 1.82) is 0 Å². The Labute approximate surface area is 56.6 Å². The third-order valence-electron chi connectivity index (χ3n) is 0.497. The van der Waals surface area contributed by atoms with Gasteiger partial charge in [0.1, 0.15) is 0 Å². The standard InChI is InChI=1S/C2H7O3P.Sn/c1-5-6(2,3)4;/h1-2H3,(H,3,4);/q;+1/p-1. The molecule has 3 radical (unpaired) electrons. The molecule has 0 saturated heterocycles. The molecule has 1 atom stereocenters. The normalized spacial score (nSPS) is 18.7. The molecule has 1 unspecified atom stereocenters. The van der Waals surface area contributed by atoms with Crippen LogP contribution in [-0.4, -0.2) is 36.7 Å². The first kappa shape index (κ1) is 7.95. The van der Waals surface area contributed by atoms with E-state index in [1.54, 1.807) is 0 Å². The monoisotopic (exact) mass is 229 g/mol. The van der Waals surface area contributed by atoms with Crippen molar-refractivity contribution in [3.8, 4) is 0 Å². The average molecular weight is 228 g/mol. The molecule has 0 fully saturated rings. The third kappa shape index (κ3) is 3.52. The van der Waals surface area contributed by atoms with Crippen LogP contribution >= 0.6 is 7.60 Å². The van der Waals surface area contributed by atoms with Crippen molar-refractivity contribution in [3.05, 3.63) is 0 Å². The van der Waals surface area contributed by atoms with Crippen LogP contribution in [0.1, 0.15) is 0 Å². The van der Waals surface area contributed by atoms with E-state index < -0.39 is 7.60 Å². The van der Waals surface area contributed by atoms with Crippen molar-refractivity contribution in [2.75, 3.05) is 13.8 Å². The second-order valence-corrected chi connectivity index (χ2v) is 4.70. The fourth-order valence-corrected chi connectivity index (χ4v) is 0.750. The van der Waals surface area contributed by atoms with Crippen LogP contribution in [0.4, 0.5) is 0 Å². The van der Waals surface area contributed by atoms with Gasteiger partial charge in [-0.15, -0.1) is 0 Å². The van der Waals surface area contributed by atoms with Crippen molar-refractivity contribution in [1.82, 2.24) is 0 Å². The van der Waals surface area contributed by atoms with E-state index in [-0.39, 0.29) is 0 Å². The summed E-state index contributed by atoms with van der Waals surface area (Å²) in [5, 5.41) is 0. The number of hydrogen-bond acceptors (Lipinski definition) is 3. The summed E-state index contributed by atoms with van der Waals surface area (Å²) in [6, 6.07) is 0. The van der Waals surface area contributed by atoms with Gasteiger partial charge in [0.2, 0.25) is 0 Å². The molecule has 0 aromatic carbocycles. The van der Waals surface area contributed by atoms with Crippen LogP contribution in [0, 0.1) is 0 Å². The van der Waals surface area contributed by atoms with Gasteiger partial charge in [0, 0.05) is 0 Å². The van der Waals surface area contributed by atoms with E-state index in [0.29, 0.717) is 0 Å². The van der Waals surface area contributed by atoms with Crippen LogP contribution in [0.15, 0.2) is 0 Å². The SMILES string of the molecule is COP(C)(=O)[O][Sn]. The maximum absolute atomic E-state index is 10.5. The summed E-state index contributed by atoms with van der Waals surface area (Å²) in [4.78, 5) is 0. The van der Waals surface area contributed by atoms with Crippen molar-refractivity contribution in [3.63, 3.8) is 0 Å². The zero-order valence-electron chi connectivity index (χ0n) is 4.17. The Balaban J connectivity index is 3.61. The molecular formula is C2H6O3PSn. The first-order valence-electron chi connectivity index (χ1n) is 1.61. The van der Waals surface area contributed by atoms with Gasteiger partial charge < -0.3 is 0 Å². The Morgan fingerprint density at radius 1 is 1.71 bits per heavy atom. The molecule has 41 valence electrons. The van der Waals surface area contributed by atoms with Crippen molar-refractivity contribution in [2.24, 2.45) is 0 Å². The fraction of sp³-hybridized carbons (Fsp3) is 1.00. The van der Waals surface area contributed by atoms with Crippen LogP contribution in [-0.2, 0) is 11.9 Å². The molecule has 0 N–H and O–H groups in total. The molecule has 0 rings (SSSR count). The molecular weight excluding hydrogens is 222 g/mol. The molecule has 0 amide bonds. The molecule has 0 spiro atoms. The predicted molar refractivity (Wildman–Crippen MR) is 27.4 cm³/mol. The Morgan fingerprint density at radius 2 is 2.14 bits per heavy atom. The molecule has 0 aliphatic carbocycles. The fourth-order valence-electron chi connectivity index (χ4n) is 0.0373. The zero-order chi connectivity index (χ0) is 5.91. The summed E-state index contributed by atoms with van der Waals surface area (Å²) in [5.74, 6) is 0. The van der Waals surface area contributed by atoms with E-state index in [1.807, 2.05) is 0 Å². The van der Waals surface area contributed by atoms with Gasteiger partial charge in [-0.3, -0.25) is 0 Å². The summed E-state index contributed by atoms with van der Waals surface area (Å²) in [7, 11) is -1.25. The van der Waals surface area contributed by atoms with E-state index >= 15 is 0 Å². The summed E-state index contributed by atoms with van der Waals surface area (Å²) < 4.78 is 19.5. The van der Waals surface area contributed by atoms with Crippen LogP contribution in [0.5, 0.6) is 0 Å². The minimum absolute atomic E-state index is 0.780. The summed E-state index contributed by atoms with van der Waals surface area (Å²) in [6.45, 7) is 1.43. The molecule has 0 bridgehead atoms. The Kier molecular flexibility index (Phi) is 3.49. The van der Waals surface area contributed by atoms with E-state index in [9.17, 15) is 4.57 Å². The van der Waals surface area contributed by atoms with Gasteiger partial charge in [0.15, 0.2) is 0 Å². The molecule has 0 saturated carbocycles. The van der Waals surface area contributed by atoms with E-state index in [0.717, 1.165) is 22.9 Å². The van der Waals surface area contributed by atoms with Gasteiger partial charge in [-0.2, -0.15) is 0 Å². The third-order valence-corrected chi connectivity index (χ3v) is 4.33. The van der Waals surface area contributed by atoms with Gasteiger partial charge in [-0.25, -0.2) is 0 Å². The van der Waals surface area contributed by atoms with Crippen LogP contribution < -0.4 is 0 Å². The van der Waals surface area contributed by atoms with Gasteiger partial charge in [0.05, 0.1) is 0 Å². The van der Waals surface area contributed by atoms with Gasteiger partial charge >= 0.3 is 56.3 Å². The first-order chi connectivity index (χ1) is 3.12. The van der Waals surface area contributed by atoms with Gasteiger partial charge in [-0.05, 0) is 0 Å². The second-order valence-electron chi connectivity index (χ2n) is 1.05. The topological polar surface area (TPSA) is 35.5 Å². The maximum atomic E-state index is 10.5. The van der Waals surface area contributed by atoms with Crippen LogP contribution in [0.25, 0.3) is 0 Å². The van der Waals surface area contributed by atoms with Gasteiger partial charge in [0.25, 0.3) is 0 Å². The molecule has 0 aliphatic rings. The molecule has 7 heavy (non-hydrogen) atoms. The molecule has 0 aromatic heterocycles. The van der Waals surface area contributed by atoms with Crippen LogP contribution in [0.2, 0.25) is 0 Å². The van der Waals surface area contributed by atoms with Crippen molar-refractivity contribution < 1.29 is 11.9 Å². The van der Waals surface area contributed by atoms with Crippen LogP contribution in [0.3, 0.4) is 0 Å². The van der Waals surface area contributed by atoms with E-state index in [1.165, 1.54) is 13.8 Å². The predicted octanol–water partition coefficient (Wildman–Crippen LogP) is 0.556. The first-order valence-corrected chi connectivity index (χ1v) is 4.76. The Hall–Kier alpha value is 0.949. The minimum atomic E-state index is -2.61. The molecule has 0 aromatic rings. The zero-order valence-corrected chi connectivity index (χ0v) is 7.92. The van der Waals surface area contributed by atoms with E-state index in [2.05, 4.69) is 7.38 Å². The molecule has 0 aliphatic heterocycles. The number of hydrogen-bond donors (Lipinski definition) is 0. The second kappa shape index (κ2) is 3.07. The van der Waals surface area contributed by atoms with Crippen molar-refractivity contribution in [2.45, 2.75) is 0 Å². The van der Waals surface area contributed by atoms with Crippen molar-refractivity contribution >= 4 is 30.5 Å². The average Bonchev–Trinajstić information content (AvgIpc) is 1.68. The van der Waals surface area contributed by atoms with Gasteiger partial charge in [-0.1, -0.05) is 0 Å². The summed E-state index contributed by atoms with van der Waals surface area (Å²) in [6.07, 6.45) is 0. The molecule has 3 nitrogen and oxygen atoms in total. The molecule has 0 heterocycles. The molecule has 5 heteroatoms. The number of rotatable bonds is 2. The summed E-state index contributed by atoms with van der Waals surface area (Å²) >= 11 is 0.780. The quantitative estimate of drug-likeness (QED) is 0.511.